The van der Waals surface area contributed by atoms with E-state index in [0.717, 1.165) is 0 Å². The Bertz CT molecular complexity index is 1120. The highest BCUT2D eigenvalue weighted by Crippen LogP contribution is 2.29. The number of pyridine rings is 1. The molecule has 1 N–H and O–H groups in total. The van der Waals surface area contributed by atoms with Crippen LogP contribution in [0.5, 0.6) is 0 Å². The lowest BCUT2D eigenvalue weighted by atomic mass is 10.1. The first kappa shape index (κ1) is 15.9. The van der Waals surface area contributed by atoms with Gasteiger partial charge >= 0.3 is 5.97 Å². The molecular weight excluding hydrogens is 337 g/mol. The summed E-state index contributed by atoms with van der Waals surface area (Å²) in [6, 6.07) is 7.66. The maximum atomic E-state index is 13.3. The number of ether oxygens (including phenoxy) is 1. The topological polar surface area (TPSA) is 84.9 Å². The third-order valence-electron chi connectivity index (χ3n) is 3.89. The molecule has 2 aromatic heterocycles. The Balaban J connectivity index is 1.71. The second kappa shape index (κ2) is 6.03. The number of aromatic nitrogens is 3. The minimum absolute atomic E-state index is 0.0147. The Morgan fingerprint density at radius 3 is 2.65 bits per heavy atom. The number of carbonyl (C=O) groups is 1. The van der Waals surface area contributed by atoms with E-state index in [1.165, 1.54) is 24.5 Å². The monoisotopic (exact) mass is 349 g/mol. The number of rotatable bonds is 2. The number of hydrogen-bond acceptors (Lipinski definition) is 5. The van der Waals surface area contributed by atoms with Crippen molar-refractivity contribution in [2.45, 2.75) is 6.92 Å². The van der Waals surface area contributed by atoms with Crippen molar-refractivity contribution in [1.82, 2.24) is 15.0 Å². The molecule has 0 atom stereocenters. The fourth-order valence-corrected chi connectivity index (χ4v) is 2.74. The lowest BCUT2D eigenvalue weighted by molar-refractivity contribution is 0.0715. The average Bonchev–Trinajstić information content (AvgIpc) is 2.91. The summed E-state index contributed by atoms with van der Waals surface area (Å²) >= 11 is 0. The molecule has 1 aromatic carbocycles. The van der Waals surface area contributed by atoms with Gasteiger partial charge in [0.2, 0.25) is 0 Å². The number of nitrogens with zero attached hydrogens (tertiary/aromatic N) is 2. The summed E-state index contributed by atoms with van der Waals surface area (Å²) in [6.07, 6.45) is 4.65. The molecule has 0 radical (unpaired) electrons. The molecule has 6 nitrogen and oxygen atoms in total. The van der Waals surface area contributed by atoms with E-state index in [9.17, 15) is 14.0 Å². The van der Waals surface area contributed by atoms with Gasteiger partial charge in [-0.2, -0.15) is 0 Å². The van der Waals surface area contributed by atoms with E-state index < -0.39 is 11.5 Å². The van der Waals surface area contributed by atoms with Gasteiger partial charge in [-0.05, 0) is 31.2 Å². The summed E-state index contributed by atoms with van der Waals surface area (Å²) in [7, 11) is 0. The number of carbonyl (C=O) groups excluding carboxylic acids is 1. The maximum absolute atomic E-state index is 13.3. The van der Waals surface area contributed by atoms with Crippen molar-refractivity contribution in [3.05, 3.63) is 81.3 Å². The number of benzene rings is 1. The van der Waals surface area contributed by atoms with Crippen molar-refractivity contribution in [1.29, 1.82) is 0 Å². The fourth-order valence-electron chi connectivity index (χ4n) is 2.74. The van der Waals surface area contributed by atoms with Crippen molar-refractivity contribution < 1.29 is 13.9 Å². The molecule has 0 bridgehead atoms. The van der Waals surface area contributed by atoms with Crippen molar-refractivity contribution in [2.75, 3.05) is 0 Å². The summed E-state index contributed by atoms with van der Waals surface area (Å²) in [5.41, 5.74) is 1.70. The standard InChI is InChI=1S/C19H12FN3O3/c1-10-5-14-15(26-19(25)16(14)18(24)23-10)6-11-8-21-17(22-9-11)12-3-2-4-13(20)7-12/h2-9H,1H3,(H,23,24). The molecule has 0 saturated heterocycles. The highest BCUT2D eigenvalue weighted by atomic mass is 19.1. The van der Waals surface area contributed by atoms with Gasteiger partial charge in [-0.3, -0.25) is 4.79 Å². The number of esters is 1. The largest absolute Gasteiger partial charge is 0.422 e. The predicted octanol–water partition coefficient (Wildman–Crippen LogP) is 2.95. The number of nitrogens with one attached hydrogen (secondary N) is 1. The van der Waals surface area contributed by atoms with Crippen molar-refractivity contribution in [3.63, 3.8) is 0 Å². The number of hydrogen-bond donors (Lipinski definition) is 1. The van der Waals surface area contributed by atoms with Crippen LogP contribution in [0, 0.1) is 12.7 Å². The molecule has 1 aliphatic rings. The highest BCUT2D eigenvalue weighted by molar-refractivity contribution is 6.05. The summed E-state index contributed by atoms with van der Waals surface area (Å²) in [5.74, 6) is -0.416. The zero-order valence-electron chi connectivity index (χ0n) is 13.6. The van der Waals surface area contributed by atoms with Crippen LogP contribution in [0.15, 0.2) is 47.5 Å². The molecular formula is C19H12FN3O3. The molecule has 4 rings (SSSR count). The van der Waals surface area contributed by atoms with Crippen LogP contribution < -0.4 is 5.56 Å². The third kappa shape index (κ3) is 2.79. The minimum atomic E-state index is -0.690. The van der Waals surface area contributed by atoms with Crippen LogP contribution in [-0.4, -0.2) is 20.9 Å². The number of aryl methyl sites for hydroxylation is 1. The number of halogens is 1. The Morgan fingerprint density at radius 1 is 1.15 bits per heavy atom. The first-order valence-corrected chi connectivity index (χ1v) is 7.77. The molecule has 0 amide bonds. The second-order valence-electron chi connectivity index (χ2n) is 5.82. The van der Waals surface area contributed by atoms with Gasteiger partial charge in [0.1, 0.15) is 17.1 Å². The summed E-state index contributed by atoms with van der Waals surface area (Å²) in [6.45, 7) is 1.72. The summed E-state index contributed by atoms with van der Waals surface area (Å²) in [4.78, 5) is 34.8. The Morgan fingerprint density at radius 2 is 1.92 bits per heavy atom. The van der Waals surface area contributed by atoms with E-state index in [4.69, 9.17) is 4.74 Å². The van der Waals surface area contributed by atoms with Crippen LogP contribution in [0.3, 0.4) is 0 Å². The number of H-pyrrole nitrogens is 1. The van der Waals surface area contributed by atoms with Gasteiger partial charge in [-0.15, -0.1) is 0 Å². The van der Waals surface area contributed by atoms with E-state index in [-0.39, 0.29) is 17.1 Å². The highest BCUT2D eigenvalue weighted by Gasteiger charge is 2.30. The molecule has 7 heteroatoms. The smallest absolute Gasteiger partial charge is 0.349 e. The maximum Gasteiger partial charge on any atom is 0.349 e. The molecule has 1 aliphatic heterocycles. The zero-order chi connectivity index (χ0) is 18.3. The molecule has 26 heavy (non-hydrogen) atoms. The fraction of sp³-hybridized carbons (Fsp3) is 0.0526. The summed E-state index contributed by atoms with van der Waals surface area (Å²) < 4.78 is 18.5. The molecule has 128 valence electrons. The SMILES string of the molecule is Cc1cc2c(c(=O)[nH]1)C(=O)OC2=Cc1cnc(-c2cccc(F)c2)nc1. The summed E-state index contributed by atoms with van der Waals surface area (Å²) in [5, 5.41) is 0. The second-order valence-corrected chi connectivity index (χ2v) is 5.82. The average molecular weight is 349 g/mol. The van der Waals surface area contributed by atoms with Gasteiger partial charge in [0.25, 0.3) is 5.56 Å². The Hall–Kier alpha value is -3.61. The molecule has 3 heterocycles. The van der Waals surface area contributed by atoms with Gasteiger partial charge < -0.3 is 9.72 Å². The predicted molar refractivity (Wildman–Crippen MR) is 92.5 cm³/mol. The van der Waals surface area contributed by atoms with Crippen LogP contribution in [0.2, 0.25) is 0 Å². The van der Waals surface area contributed by atoms with Crippen LogP contribution in [0.25, 0.3) is 23.2 Å². The Kier molecular flexibility index (Phi) is 3.69. The van der Waals surface area contributed by atoms with E-state index in [1.54, 1.807) is 31.2 Å². The number of cyclic esters (lactones) is 1. The molecule has 0 fully saturated rings. The van der Waals surface area contributed by atoms with E-state index in [1.807, 2.05) is 0 Å². The van der Waals surface area contributed by atoms with E-state index in [0.29, 0.717) is 28.2 Å². The van der Waals surface area contributed by atoms with Gasteiger partial charge in [-0.25, -0.2) is 19.2 Å². The first-order valence-electron chi connectivity index (χ1n) is 7.77. The van der Waals surface area contributed by atoms with Gasteiger partial charge in [0.05, 0.1) is 0 Å². The zero-order valence-corrected chi connectivity index (χ0v) is 13.6. The third-order valence-corrected chi connectivity index (χ3v) is 3.89. The van der Waals surface area contributed by atoms with E-state index in [2.05, 4.69) is 15.0 Å². The lowest BCUT2D eigenvalue weighted by Gasteiger charge is -2.02. The van der Waals surface area contributed by atoms with Crippen LogP contribution in [-0.2, 0) is 4.74 Å². The van der Waals surface area contributed by atoms with Crippen LogP contribution in [0.1, 0.15) is 27.2 Å². The first-order chi connectivity index (χ1) is 12.5. The molecule has 0 saturated carbocycles. The number of fused-ring (bicyclic) bond motifs is 1. The van der Waals surface area contributed by atoms with Crippen molar-refractivity contribution >= 4 is 17.8 Å². The molecule has 0 unspecified atom stereocenters. The van der Waals surface area contributed by atoms with Crippen LogP contribution >= 0.6 is 0 Å². The normalized spacial score (nSPS) is 14.4. The van der Waals surface area contributed by atoms with Gasteiger partial charge in [0.15, 0.2) is 5.82 Å². The molecule has 3 aromatic rings. The lowest BCUT2D eigenvalue weighted by Crippen LogP contribution is -2.16. The van der Waals surface area contributed by atoms with Crippen molar-refractivity contribution in [3.8, 4) is 11.4 Å². The molecule has 0 aliphatic carbocycles. The van der Waals surface area contributed by atoms with Gasteiger partial charge in [0, 0.05) is 34.8 Å². The van der Waals surface area contributed by atoms with Crippen molar-refractivity contribution in [2.24, 2.45) is 0 Å². The minimum Gasteiger partial charge on any atom is -0.422 e. The number of aromatic amines is 1. The van der Waals surface area contributed by atoms with E-state index >= 15 is 0 Å². The molecule has 0 spiro atoms. The quantitative estimate of drug-likeness (QED) is 0.719. The van der Waals surface area contributed by atoms with Crippen LogP contribution in [0.4, 0.5) is 4.39 Å². The van der Waals surface area contributed by atoms with Gasteiger partial charge in [-0.1, -0.05) is 12.1 Å². The Labute approximate surface area is 147 Å².